The van der Waals surface area contributed by atoms with Gasteiger partial charge >= 0.3 is 0 Å². The largest absolute Gasteiger partial charge is 0.376 e. The van der Waals surface area contributed by atoms with Crippen LogP contribution in [0.3, 0.4) is 0 Å². The van der Waals surface area contributed by atoms with Crippen LogP contribution in [0.25, 0.3) is 0 Å². The van der Waals surface area contributed by atoms with Crippen LogP contribution >= 0.6 is 0 Å². The minimum atomic E-state index is 0.338. The number of benzene rings is 1. The Balaban J connectivity index is 2.04. The maximum Gasteiger partial charge on any atom is 0.0769 e. The van der Waals surface area contributed by atoms with Gasteiger partial charge in [0.15, 0.2) is 0 Å². The number of rotatable bonds is 7. The molecule has 1 aliphatic rings. The van der Waals surface area contributed by atoms with Crippen molar-refractivity contribution in [2.45, 2.75) is 64.5 Å². The van der Waals surface area contributed by atoms with Crippen LogP contribution in [0.4, 0.5) is 0 Å². The van der Waals surface area contributed by atoms with E-state index in [0.717, 1.165) is 13.2 Å². The summed E-state index contributed by atoms with van der Waals surface area (Å²) < 4.78 is 5.98. The van der Waals surface area contributed by atoms with Gasteiger partial charge in [-0.15, -0.1) is 0 Å². The Hall–Kier alpha value is -0.860. The van der Waals surface area contributed by atoms with Crippen molar-refractivity contribution in [1.29, 1.82) is 0 Å². The molecular weight excluding hydrogens is 246 g/mol. The van der Waals surface area contributed by atoms with Gasteiger partial charge in [-0.1, -0.05) is 44.5 Å². The highest BCUT2D eigenvalue weighted by molar-refractivity contribution is 5.26. The lowest BCUT2D eigenvalue weighted by Gasteiger charge is -2.31. The van der Waals surface area contributed by atoms with Gasteiger partial charge in [-0.2, -0.15) is 0 Å². The van der Waals surface area contributed by atoms with Crippen molar-refractivity contribution >= 4 is 0 Å². The van der Waals surface area contributed by atoms with Gasteiger partial charge in [0.1, 0.15) is 0 Å². The van der Waals surface area contributed by atoms with Gasteiger partial charge in [-0.3, -0.25) is 0 Å². The molecule has 1 heterocycles. The van der Waals surface area contributed by atoms with Crippen LogP contribution in [-0.4, -0.2) is 19.3 Å². The first-order valence-electron chi connectivity index (χ1n) is 8.29. The Labute approximate surface area is 123 Å². The van der Waals surface area contributed by atoms with Crippen molar-refractivity contribution in [2.75, 3.05) is 13.2 Å². The maximum absolute atomic E-state index is 5.98. The van der Waals surface area contributed by atoms with Crippen molar-refractivity contribution in [3.05, 3.63) is 35.4 Å². The van der Waals surface area contributed by atoms with E-state index in [1.807, 2.05) is 0 Å². The Morgan fingerprint density at radius 1 is 1.20 bits per heavy atom. The first-order valence-corrected chi connectivity index (χ1v) is 8.29. The Kier molecular flexibility index (Phi) is 6.55. The number of hydrogen-bond acceptors (Lipinski definition) is 2. The molecule has 0 spiro atoms. The summed E-state index contributed by atoms with van der Waals surface area (Å²) in [6.07, 6.45) is 7.76. The first kappa shape index (κ1) is 15.5. The van der Waals surface area contributed by atoms with Crippen molar-refractivity contribution in [3.63, 3.8) is 0 Å². The van der Waals surface area contributed by atoms with Gasteiger partial charge in [-0.05, 0) is 49.8 Å². The minimum absolute atomic E-state index is 0.338. The molecule has 0 radical (unpaired) electrons. The van der Waals surface area contributed by atoms with E-state index in [4.69, 9.17) is 4.74 Å². The molecular formula is C18H29NO. The number of unbranched alkanes of at least 4 members (excludes halogenated alkanes) is 1. The SMILES string of the molecule is CCCCc1ccc(C(NCC)C2CCCCO2)cc1. The lowest BCUT2D eigenvalue weighted by molar-refractivity contribution is -0.00786. The molecule has 112 valence electrons. The number of hydrogen-bond donors (Lipinski definition) is 1. The van der Waals surface area contributed by atoms with E-state index in [1.54, 1.807) is 0 Å². The highest BCUT2D eigenvalue weighted by Gasteiger charge is 2.25. The highest BCUT2D eigenvalue weighted by atomic mass is 16.5. The molecule has 2 nitrogen and oxygen atoms in total. The molecule has 1 N–H and O–H groups in total. The van der Waals surface area contributed by atoms with Crippen molar-refractivity contribution in [3.8, 4) is 0 Å². The monoisotopic (exact) mass is 275 g/mol. The predicted octanol–water partition coefficient (Wildman–Crippen LogP) is 4.25. The van der Waals surface area contributed by atoms with E-state index < -0.39 is 0 Å². The minimum Gasteiger partial charge on any atom is -0.376 e. The normalized spacial score (nSPS) is 20.8. The summed E-state index contributed by atoms with van der Waals surface area (Å²) in [4.78, 5) is 0. The molecule has 1 aromatic rings. The van der Waals surface area contributed by atoms with Crippen molar-refractivity contribution < 1.29 is 4.74 Å². The second kappa shape index (κ2) is 8.43. The molecule has 1 aromatic carbocycles. The molecule has 2 heteroatoms. The molecule has 2 rings (SSSR count). The summed E-state index contributed by atoms with van der Waals surface area (Å²) in [5, 5.41) is 3.61. The number of aryl methyl sites for hydroxylation is 1. The fourth-order valence-electron chi connectivity index (χ4n) is 2.98. The fourth-order valence-corrected chi connectivity index (χ4v) is 2.98. The average Bonchev–Trinajstić information content (AvgIpc) is 2.52. The van der Waals surface area contributed by atoms with Gasteiger partial charge < -0.3 is 10.1 Å². The van der Waals surface area contributed by atoms with E-state index in [-0.39, 0.29) is 0 Å². The third-order valence-electron chi connectivity index (χ3n) is 4.17. The van der Waals surface area contributed by atoms with E-state index in [2.05, 4.69) is 43.4 Å². The van der Waals surface area contributed by atoms with Crippen LogP contribution in [0.1, 0.15) is 63.1 Å². The predicted molar refractivity (Wildman–Crippen MR) is 85.1 cm³/mol. The highest BCUT2D eigenvalue weighted by Crippen LogP contribution is 2.26. The molecule has 2 unspecified atom stereocenters. The molecule has 20 heavy (non-hydrogen) atoms. The summed E-state index contributed by atoms with van der Waals surface area (Å²) in [7, 11) is 0. The smallest absolute Gasteiger partial charge is 0.0769 e. The third-order valence-corrected chi connectivity index (χ3v) is 4.17. The zero-order valence-electron chi connectivity index (χ0n) is 13.0. The van der Waals surface area contributed by atoms with Crippen LogP contribution in [0.2, 0.25) is 0 Å². The van der Waals surface area contributed by atoms with E-state index >= 15 is 0 Å². The summed E-state index contributed by atoms with van der Waals surface area (Å²) in [5.74, 6) is 0. The van der Waals surface area contributed by atoms with Crippen LogP contribution in [0.5, 0.6) is 0 Å². The van der Waals surface area contributed by atoms with Crippen LogP contribution in [0.15, 0.2) is 24.3 Å². The molecule has 1 aliphatic heterocycles. The molecule has 0 amide bonds. The van der Waals surface area contributed by atoms with Crippen LogP contribution < -0.4 is 5.32 Å². The van der Waals surface area contributed by atoms with Crippen LogP contribution in [-0.2, 0) is 11.2 Å². The summed E-state index contributed by atoms with van der Waals surface area (Å²) >= 11 is 0. The fraction of sp³-hybridized carbons (Fsp3) is 0.667. The molecule has 0 bridgehead atoms. The number of likely N-dealkylation sites (N-methyl/N-ethyl adjacent to an activating group) is 1. The Morgan fingerprint density at radius 2 is 2.00 bits per heavy atom. The molecule has 0 aromatic heterocycles. The topological polar surface area (TPSA) is 21.3 Å². The van der Waals surface area contributed by atoms with Crippen molar-refractivity contribution in [2.24, 2.45) is 0 Å². The molecule has 1 fully saturated rings. The Morgan fingerprint density at radius 3 is 2.60 bits per heavy atom. The third kappa shape index (κ3) is 4.32. The zero-order chi connectivity index (χ0) is 14.2. The van der Waals surface area contributed by atoms with Crippen LogP contribution in [0, 0.1) is 0 Å². The van der Waals surface area contributed by atoms with E-state index in [9.17, 15) is 0 Å². The number of nitrogens with one attached hydrogen (secondary N) is 1. The lowest BCUT2D eigenvalue weighted by atomic mass is 9.94. The second-order valence-corrected chi connectivity index (χ2v) is 5.79. The van der Waals surface area contributed by atoms with Gasteiger partial charge in [0.05, 0.1) is 12.1 Å². The lowest BCUT2D eigenvalue weighted by Crippen LogP contribution is -2.35. The van der Waals surface area contributed by atoms with Gasteiger partial charge in [0.25, 0.3) is 0 Å². The summed E-state index contributed by atoms with van der Waals surface area (Å²) in [6.45, 7) is 6.32. The van der Waals surface area contributed by atoms with E-state index in [1.165, 1.54) is 49.7 Å². The van der Waals surface area contributed by atoms with Gasteiger partial charge in [-0.25, -0.2) is 0 Å². The van der Waals surface area contributed by atoms with E-state index in [0.29, 0.717) is 12.1 Å². The molecule has 2 atom stereocenters. The summed E-state index contributed by atoms with van der Waals surface area (Å²) in [5.41, 5.74) is 2.83. The van der Waals surface area contributed by atoms with Gasteiger partial charge in [0.2, 0.25) is 0 Å². The van der Waals surface area contributed by atoms with Crippen molar-refractivity contribution in [1.82, 2.24) is 5.32 Å². The maximum atomic E-state index is 5.98. The standard InChI is InChI=1S/C18H29NO/c1-3-5-8-15-10-12-16(13-11-15)18(19-4-2)17-9-6-7-14-20-17/h10-13,17-19H,3-9,14H2,1-2H3. The molecule has 0 aliphatic carbocycles. The molecule has 0 saturated carbocycles. The zero-order valence-corrected chi connectivity index (χ0v) is 13.0. The summed E-state index contributed by atoms with van der Waals surface area (Å²) in [6, 6.07) is 9.50. The number of ether oxygens (including phenoxy) is 1. The second-order valence-electron chi connectivity index (χ2n) is 5.79. The average molecular weight is 275 g/mol. The first-order chi connectivity index (χ1) is 9.85. The van der Waals surface area contributed by atoms with Gasteiger partial charge in [0, 0.05) is 6.61 Å². The Bertz CT molecular complexity index is 368. The molecule has 1 saturated heterocycles. The quantitative estimate of drug-likeness (QED) is 0.803.